The van der Waals surface area contributed by atoms with E-state index < -0.39 is 0 Å². The molecule has 2 rings (SSSR count). The molecule has 0 radical (unpaired) electrons. The highest BCUT2D eigenvalue weighted by Gasteiger charge is 2.15. The molecule has 0 aliphatic heterocycles. The lowest BCUT2D eigenvalue weighted by Crippen LogP contribution is -2.43. The maximum atomic E-state index is 5.37. The van der Waals surface area contributed by atoms with Gasteiger partial charge in [-0.2, -0.15) is 0 Å². The standard InChI is InChI=1S/C14H21N3S/c1-11(12-7-9-15-10-8-12)16-14(18)17-13-5-3-2-4-6-13/h7-11,13H,2-6H2,1H3,(H2,16,17,18). The van der Waals surface area contributed by atoms with Gasteiger partial charge in [-0.3, -0.25) is 4.98 Å². The third-order valence-electron chi connectivity index (χ3n) is 3.49. The summed E-state index contributed by atoms with van der Waals surface area (Å²) in [6.45, 7) is 2.12. The molecule has 1 atom stereocenters. The van der Waals surface area contributed by atoms with Crippen molar-refractivity contribution in [2.24, 2.45) is 0 Å². The Morgan fingerprint density at radius 3 is 2.61 bits per heavy atom. The second-order valence-electron chi connectivity index (χ2n) is 4.95. The van der Waals surface area contributed by atoms with Crippen molar-refractivity contribution < 1.29 is 0 Å². The molecule has 0 saturated heterocycles. The van der Waals surface area contributed by atoms with Gasteiger partial charge in [0.05, 0.1) is 6.04 Å². The highest BCUT2D eigenvalue weighted by Crippen LogP contribution is 2.17. The first-order valence-electron chi connectivity index (χ1n) is 6.72. The molecule has 1 unspecified atom stereocenters. The van der Waals surface area contributed by atoms with Crippen LogP contribution in [0.15, 0.2) is 24.5 Å². The lowest BCUT2D eigenvalue weighted by molar-refractivity contribution is 0.411. The number of hydrogen-bond acceptors (Lipinski definition) is 2. The first kappa shape index (κ1) is 13.3. The third-order valence-corrected chi connectivity index (χ3v) is 3.73. The van der Waals surface area contributed by atoms with Crippen LogP contribution in [-0.2, 0) is 0 Å². The second kappa shape index (κ2) is 6.69. The van der Waals surface area contributed by atoms with Crippen LogP contribution in [0, 0.1) is 0 Å². The minimum atomic E-state index is 0.219. The molecular weight excluding hydrogens is 242 g/mol. The number of nitrogens with zero attached hydrogens (tertiary/aromatic N) is 1. The van der Waals surface area contributed by atoms with Gasteiger partial charge < -0.3 is 10.6 Å². The molecule has 1 aromatic rings. The van der Waals surface area contributed by atoms with E-state index in [0.29, 0.717) is 6.04 Å². The van der Waals surface area contributed by atoms with Gasteiger partial charge in [-0.15, -0.1) is 0 Å². The Kier molecular flexibility index (Phi) is 4.93. The number of nitrogens with one attached hydrogen (secondary N) is 2. The van der Waals surface area contributed by atoms with Gasteiger partial charge >= 0.3 is 0 Å². The van der Waals surface area contributed by atoms with Gasteiger partial charge in [0.2, 0.25) is 0 Å². The van der Waals surface area contributed by atoms with Crippen LogP contribution in [0.5, 0.6) is 0 Å². The van der Waals surface area contributed by atoms with Crippen LogP contribution < -0.4 is 10.6 Å². The Balaban J connectivity index is 1.80. The molecule has 1 aliphatic rings. The van der Waals surface area contributed by atoms with Crippen LogP contribution in [0.3, 0.4) is 0 Å². The lowest BCUT2D eigenvalue weighted by atomic mass is 9.96. The predicted molar refractivity (Wildman–Crippen MR) is 78.4 cm³/mol. The molecule has 4 heteroatoms. The van der Waals surface area contributed by atoms with Crippen LogP contribution in [0.2, 0.25) is 0 Å². The van der Waals surface area contributed by atoms with Crippen LogP contribution >= 0.6 is 12.2 Å². The number of pyridine rings is 1. The smallest absolute Gasteiger partial charge is 0.166 e. The molecule has 1 aromatic heterocycles. The summed E-state index contributed by atoms with van der Waals surface area (Å²) < 4.78 is 0. The van der Waals surface area contributed by atoms with Gasteiger partial charge in [0.1, 0.15) is 0 Å². The average Bonchev–Trinajstić information content (AvgIpc) is 2.40. The summed E-state index contributed by atoms with van der Waals surface area (Å²) in [5.74, 6) is 0. The fraction of sp³-hybridized carbons (Fsp3) is 0.571. The summed E-state index contributed by atoms with van der Waals surface area (Å²) >= 11 is 5.37. The minimum absolute atomic E-state index is 0.219. The topological polar surface area (TPSA) is 37.0 Å². The molecule has 2 N–H and O–H groups in total. The molecule has 0 bridgehead atoms. The third kappa shape index (κ3) is 3.95. The Morgan fingerprint density at radius 1 is 1.28 bits per heavy atom. The van der Waals surface area contributed by atoms with Crippen molar-refractivity contribution in [1.82, 2.24) is 15.6 Å². The zero-order valence-electron chi connectivity index (χ0n) is 10.9. The zero-order chi connectivity index (χ0) is 12.8. The zero-order valence-corrected chi connectivity index (χ0v) is 11.7. The molecule has 1 saturated carbocycles. The summed E-state index contributed by atoms with van der Waals surface area (Å²) in [6, 6.07) is 4.81. The van der Waals surface area contributed by atoms with E-state index in [2.05, 4.69) is 22.5 Å². The van der Waals surface area contributed by atoms with Crippen molar-refractivity contribution in [3.05, 3.63) is 30.1 Å². The summed E-state index contributed by atoms with van der Waals surface area (Å²) in [7, 11) is 0. The largest absolute Gasteiger partial charge is 0.360 e. The van der Waals surface area contributed by atoms with Gasteiger partial charge in [-0.25, -0.2) is 0 Å². The first-order chi connectivity index (χ1) is 8.75. The fourth-order valence-corrected chi connectivity index (χ4v) is 2.75. The van der Waals surface area contributed by atoms with Gasteiger partial charge in [-0.1, -0.05) is 19.3 Å². The highest BCUT2D eigenvalue weighted by molar-refractivity contribution is 7.80. The molecule has 98 valence electrons. The maximum absolute atomic E-state index is 5.37. The van der Waals surface area contributed by atoms with E-state index >= 15 is 0 Å². The van der Waals surface area contributed by atoms with Gasteiger partial charge in [0.15, 0.2) is 5.11 Å². The van der Waals surface area contributed by atoms with Crippen LogP contribution in [0.4, 0.5) is 0 Å². The van der Waals surface area contributed by atoms with E-state index in [9.17, 15) is 0 Å². The van der Waals surface area contributed by atoms with Crippen molar-refractivity contribution in [3.63, 3.8) is 0 Å². The normalized spacial score (nSPS) is 18.1. The van der Waals surface area contributed by atoms with E-state index in [4.69, 9.17) is 12.2 Å². The lowest BCUT2D eigenvalue weighted by Gasteiger charge is -2.26. The Hall–Kier alpha value is -1.16. The van der Waals surface area contributed by atoms with Crippen molar-refractivity contribution in [2.75, 3.05) is 0 Å². The van der Waals surface area contributed by atoms with Crippen LogP contribution in [0.1, 0.15) is 50.6 Å². The van der Waals surface area contributed by atoms with E-state index in [1.807, 2.05) is 24.5 Å². The molecular formula is C14H21N3S. The summed E-state index contributed by atoms with van der Waals surface area (Å²) in [6.07, 6.45) is 10.1. The average molecular weight is 263 g/mol. The molecule has 1 fully saturated rings. The van der Waals surface area contributed by atoms with Crippen molar-refractivity contribution in [2.45, 2.75) is 51.1 Å². The summed E-state index contributed by atoms with van der Waals surface area (Å²) in [5.41, 5.74) is 1.21. The van der Waals surface area contributed by atoms with E-state index in [1.54, 1.807) is 0 Å². The molecule has 3 nitrogen and oxygen atoms in total. The number of thiocarbonyl (C=S) groups is 1. The maximum Gasteiger partial charge on any atom is 0.166 e. The molecule has 0 spiro atoms. The van der Waals surface area contributed by atoms with Crippen molar-refractivity contribution in [3.8, 4) is 0 Å². The molecule has 18 heavy (non-hydrogen) atoms. The SMILES string of the molecule is CC(NC(=S)NC1CCCCC1)c1ccncc1. The Morgan fingerprint density at radius 2 is 1.94 bits per heavy atom. The summed E-state index contributed by atoms with van der Waals surface area (Å²) in [4.78, 5) is 4.02. The minimum Gasteiger partial charge on any atom is -0.360 e. The van der Waals surface area contributed by atoms with Gasteiger partial charge in [0, 0.05) is 18.4 Å². The Labute approximate surface area is 114 Å². The van der Waals surface area contributed by atoms with Crippen molar-refractivity contribution in [1.29, 1.82) is 0 Å². The second-order valence-corrected chi connectivity index (χ2v) is 5.36. The molecule has 0 aromatic carbocycles. The first-order valence-corrected chi connectivity index (χ1v) is 7.13. The van der Waals surface area contributed by atoms with Gasteiger partial charge in [-0.05, 0) is 49.7 Å². The monoisotopic (exact) mass is 263 g/mol. The quantitative estimate of drug-likeness (QED) is 0.822. The Bertz CT molecular complexity index is 374. The summed E-state index contributed by atoms with van der Waals surface area (Å²) in [5, 5.41) is 7.53. The number of aromatic nitrogens is 1. The van der Waals surface area contributed by atoms with Gasteiger partial charge in [0.25, 0.3) is 0 Å². The van der Waals surface area contributed by atoms with E-state index in [1.165, 1.54) is 37.7 Å². The molecule has 1 heterocycles. The van der Waals surface area contributed by atoms with Crippen molar-refractivity contribution >= 4 is 17.3 Å². The highest BCUT2D eigenvalue weighted by atomic mass is 32.1. The predicted octanol–water partition coefficient (Wildman–Crippen LogP) is 2.94. The van der Waals surface area contributed by atoms with E-state index in [-0.39, 0.29) is 6.04 Å². The molecule has 0 amide bonds. The van der Waals surface area contributed by atoms with Crippen LogP contribution in [0.25, 0.3) is 0 Å². The number of hydrogen-bond donors (Lipinski definition) is 2. The molecule has 1 aliphatic carbocycles. The van der Waals surface area contributed by atoms with Crippen LogP contribution in [-0.4, -0.2) is 16.1 Å². The number of rotatable bonds is 3. The fourth-order valence-electron chi connectivity index (χ4n) is 2.41. The van der Waals surface area contributed by atoms with E-state index in [0.717, 1.165) is 5.11 Å².